The zero-order valence-corrected chi connectivity index (χ0v) is 7.02. The van der Waals surface area contributed by atoms with Crippen LogP contribution in [0.25, 0.3) is 0 Å². The van der Waals surface area contributed by atoms with Crippen LogP contribution in [0.3, 0.4) is 0 Å². The van der Waals surface area contributed by atoms with Crippen molar-refractivity contribution in [1.82, 2.24) is 4.98 Å². The molecule has 0 aromatic carbocycles. The quantitative estimate of drug-likeness (QED) is 0.231. The Morgan fingerprint density at radius 1 is 1.67 bits per heavy atom. The van der Waals surface area contributed by atoms with E-state index in [9.17, 15) is 4.39 Å². The average molecular weight is 229 g/mol. The van der Waals surface area contributed by atoms with Gasteiger partial charge in [0.2, 0.25) is 0 Å². The van der Waals surface area contributed by atoms with E-state index in [4.69, 9.17) is 0 Å². The number of halogens is 2. The summed E-state index contributed by atoms with van der Waals surface area (Å²) in [6, 6.07) is 4.22. The van der Waals surface area contributed by atoms with Crippen LogP contribution in [0.15, 0.2) is 12.3 Å². The van der Waals surface area contributed by atoms with Gasteiger partial charge in [0.15, 0.2) is 0 Å². The summed E-state index contributed by atoms with van der Waals surface area (Å²) in [4.78, 5) is 3.37. The summed E-state index contributed by atoms with van der Waals surface area (Å²) in [6.07, 6.45) is 1.37. The fourth-order valence-corrected chi connectivity index (χ4v) is 0.648. The van der Waals surface area contributed by atoms with E-state index < -0.39 is 5.95 Å². The van der Waals surface area contributed by atoms with Gasteiger partial charge in [-0.25, -0.2) is 0 Å². The summed E-state index contributed by atoms with van der Waals surface area (Å²) in [5.41, 5.74) is 0. The molecule has 0 fully saturated rings. The number of hydrogen-bond donors (Lipinski definition) is 0. The summed E-state index contributed by atoms with van der Waals surface area (Å²) in [5, 5.41) is 0. The molecule has 0 saturated heterocycles. The van der Waals surface area contributed by atoms with Crippen LogP contribution in [0.4, 0.5) is 4.39 Å². The Kier molecular flexibility index (Phi) is 4.45. The fraction of sp³-hybridized carbons (Fsp3) is 0. The Labute approximate surface area is 78.4 Å². The number of pyridine rings is 1. The first-order valence-corrected chi connectivity index (χ1v) is 3.06. The maximum atomic E-state index is 12.2. The van der Waals surface area contributed by atoms with Crippen molar-refractivity contribution in [3.63, 3.8) is 0 Å². The van der Waals surface area contributed by atoms with E-state index >= 15 is 0 Å². The molecule has 0 spiro atoms. The van der Waals surface area contributed by atoms with Gasteiger partial charge < -0.3 is 4.98 Å². The first-order chi connectivity index (χ1) is 3.80. The molecule has 0 bridgehead atoms. The van der Waals surface area contributed by atoms with Gasteiger partial charge in [0.05, 0.1) is 0 Å². The van der Waals surface area contributed by atoms with E-state index in [2.05, 4.69) is 11.1 Å². The van der Waals surface area contributed by atoms with E-state index in [1.165, 1.54) is 6.20 Å². The molecule has 1 rings (SSSR count). The first-order valence-electron chi connectivity index (χ1n) is 1.98. The molecular weight excluding hydrogens is 227 g/mol. The van der Waals surface area contributed by atoms with Crippen molar-refractivity contribution in [2.75, 3.05) is 0 Å². The monoisotopic (exact) mass is 229 g/mol. The Balaban J connectivity index is 0.000000640. The molecular formula is C5H2FILiN. The third kappa shape index (κ3) is 2.65. The molecule has 0 aliphatic carbocycles. The van der Waals surface area contributed by atoms with Crippen molar-refractivity contribution in [2.24, 2.45) is 0 Å². The predicted molar refractivity (Wildman–Crippen MR) is 35.7 cm³/mol. The van der Waals surface area contributed by atoms with Crippen LogP contribution >= 0.6 is 22.6 Å². The van der Waals surface area contributed by atoms with Crippen molar-refractivity contribution in [3.8, 4) is 0 Å². The minimum atomic E-state index is -0.451. The molecule has 42 valence electrons. The fourth-order valence-electron chi connectivity index (χ4n) is 0.329. The van der Waals surface area contributed by atoms with Crippen molar-refractivity contribution in [1.29, 1.82) is 0 Å². The van der Waals surface area contributed by atoms with Gasteiger partial charge in [-0.05, 0) is 3.57 Å². The molecule has 9 heavy (non-hydrogen) atoms. The Morgan fingerprint density at radius 2 is 2.33 bits per heavy atom. The Bertz CT molecular complexity index is 173. The topological polar surface area (TPSA) is 12.9 Å². The van der Waals surface area contributed by atoms with E-state index in [0.717, 1.165) is 0 Å². The van der Waals surface area contributed by atoms with Gasteiger partial charge in [0, 0.05) is 0 Å². The van der Waals surface area contributed by atoms with E-state index in [1.54, 1.807) is 6.07 Å². The van der Waals surface area contributed by atoms with Crippen LogP contribution in [0.5, 0.6) is 0 Å². The van der Waals surface area contributed by atoms with Gasteiger partial charge in [-0.3, -0.25) is 4.39 Å². The van der Waals surface area contributed by atoms with Crippen LogP contribution in [0.1, 0.15) is 0 Å². The van der Waals surface area contributed by atoms with Gasteiger partial charge in [-0.15, -0.1) is 0 Å². The Morgan fingerprint density at radius 3 is 2.67 bits per heavy atom. The molecule has 1 aromatic heterocycles. The van der Waals surface area contributed by atoms with E-state index in [0.29, 0.717) is 3.57 Å². The van der Waals surface area contributed by atoms with Crippen molar-refractivity contribution >= 4 is 22.6 Å². The maximum Gasteiger partial charge on any atom is 1.00 e. The average Bonchev–Trinajstić information content (AvgIpc) is 1.77. The number of rotatable bonds is 0. The third-order valence-corrected chi connectivity index (χ3v) is 1.41. The first kappa shape index (κ1) is 9.41. The molecule has 0 radical (unpaired) electrons. The number of hydrogen-bond acceptors (Lipinski definition) is 1. The minimum Gasteiger partial charge on any atom is -0.357 e. The second-order valence-electron chi connectivity index (χ2n) is 1.19. The van der Waals surface area contributed by atoms with Gasteiger partial charge in [-0.1, -0.05) is 28.8 Å². The molecule has 0 aliphatic rings. The Hall–Kier alpha value is 0.407. The second kappa shape index (κ2) is 4.26. The van der Waals surface area contributed by atoms with E-state index in [1.807, 2.05) is 22.6 Å². The van der Waals surface area contributed by atoms with Gasteiger partial charge in [0.1, 0.15) is 5.95 Å². The van der Waals surface area contributed by atoms with E-state index in [-0.39, 0.29) is 18.9 Å². The van der Waals surface area contributed by atoms with Crippen LogP contribution in [0, 0.1) is 15.6 Å². The molecule has 0 aliphatic heterocycles. The molecule has 1 heterocycles. The predicted octanol–water partition coefficient (Wildman–Crippen LogP) is -1.37. The van der Waals surface area contributed by atoms with Gasteiger partial charge >= 0.3 is 18.9 Å². The third-order valence-electron chi connectivity index (χ3n) is 0.654. The normalized spacial score (nSPS) is 8.22. The second-order valence-corrected chi connectivity index (χ2v) is 2.27. The maximum absolute atomic E-state index is 12.2. The molecule has 1 aromatic rings. The summed E-state index contributed by atoms with van der Waals surface area (Å²) < 4.78 is 12.6. The SMILES string of the molecule is Fc1ncc[c-]c1I.[Li+]. The van der Waals surface area contributed by atoms with Crippen molar-refractivity contribution < 1.29 is 23.3 Å². The number of nitrogens with zero attached hydrogens (tertiary/aromatic N) is 1. The molecule has 0 atom stereocenters. The summed E-state index contributed by atoms with van der Waals surface area (Å²) in [6.45, 7) is 0. The summed E-state index contributed by atoms with van der Waals surface area (Å²) in [5.74, 6) is -0.451. The van der Waals surface area contributed by atoms with Gasteiger partial charge in [0.25, 0.3) is 0 Å². The molecule has 0 N–H and O–H groups in total. The van der Waals surface area contributed by atoms with Crippen LogP contribution in [-0.2, 0) is 0 Å². The minimum absolute atomic E-state index is 0. The van der Waals surface area contributed by atoms with Gasteiger partial charge in [-0.2, -0.15) is 12.1 Å². The van der Waals surface area contributed by atoms with Crippen molar-refractivity contribution in [2.45, 2.75) is 0 Å². The molecule has 1 nitrogen and oxygen atoms in total. The van der Waals surface area contributed by atoms with Crippen LogP contribution in [-0.4, -0.2) is 4.98 Å². The van der Waals surface area contributed by atoms with Crippen molar-refractivity contribution in [3.05, 3.63) is 27.8 Å². The molecule has 0 saturated carbocycles. The smallest absolute Gasteiger partial charge is 0.357 e. The van der Waals surface area contributed by atoms with Crippen LogP contribution < -0.4 is 18.9 Å². The molecule has 0 unspecified atom stereocenters. The zero-order valence-electron chi connectivity index (χ0n) is 4.86. The summed E-state index contributed by atoms with van der Waals surface area (Å²) >= 11 is 1.83. The standard InChI is InChI=1S/C5H2FIN.Li/c6-5-4(7)2-1-3-8-5;/h1,3H;/q-1;+1. The molecule has 4 heteroatoms. The number of aromatic nitrogens is 1. The summed E-state index contributed by atoms with van der Waals surface area (Å²) in [7, 11) is 0. The van der Waals surface area contributed by atoms with Crippen LogP contribution in [0.2, 0.25) is 0 Å². The largest absolute Gasteiger partial charge is 1.00 e. The zero-order chi connectivity index (χ0) is 5.98. The molecule has 0 amide bonds.